The molecule has 0 aliphatic carbocycles. The highest BCUT2D eigenvalue weighted by molar-refractivity contribution is 7.99. The van der Waals surface area contributed by atoms with Crippen molar-refractivity contribution in [2.24, 2.45) is 0 Å². The summed E-state index contributed by atoms with van der Waals surface area (Å²) in [4.78, 5) is 30.9. The Morgan fingerprint density at radius 2 is 1.51 bits per heavy atom. The molecule has 1 fully saturated rings. The third kappa shape index (κ3) is 6.17. The lowest BCUT2D eigenvalue weighted by molar-refractivity contribution is -0.135. The molecule has 4 rings (SSSR count). The first-order valence-corrected chi connectivity index (χ1v) is 12.7. The highest BCUT2D eigenvalue weighted by Crippen LogP contribution is 2.29. The largest absolute Gasteiger partial charge is 0.497 e. The summed E-state index contributed by atoms with van der Waals surface area (Å²) in [5, 5.41) is 0. The summed E-state index contributed by atoms with van der Waals surface area (Å²) in [6, 6.07) is 24.7. The maximum Gasteiger partial charge on any atom is 0.255 e. The van der Waals surface area contributed by atoms with Gasteiger partial charge in [-0.15, -0.1) is 11.8 Å². The molecule has 6 nitrogen and oxygen atoms in total. The Balaban J connectivity index is 1.55. The smallest absolute Gasteiger partial charge is 0.255 e. The van der Waals surface area contributed by atoms with Gasteiger partial charge < -0.3 is 19.3 Å². The zero-order valence-corrected chi connectivity index (χ0v) is 20.9. The van der Waals surface area contributed by atoms with E-state index in [1.807, 2.05) is 53.4 Å². The molecule has 1 heterocycles. The first-order valence-electron chi connectivity index (χ1n) is 11.6. The molecular formula is C28H30N2O4S. The summed E-state index contributed by atoms with van der Waals surface area (Å²) in [7, 11) is 3.10. The fraction of sp³-hybridized carbons (Fsp3) is 0.286. The standard InChI is InChI=1S/C28H30N2O4S/c1-33-24-15-23(16-25(17-24)34-2)27(31)30-20-35-19-26(30)28(32)29(18-22-11-7-4-8-12-22)14-13-21-9-5-3-6-10-21/h3-12,15-17,26H,13-14,18-20H2,1-2H3. The molecule has 2 amide bonds. The molecule has 1 aliphatic rings. The number of nitrogens with zero attached hydrogens (tertiary/aromatic N) is 2. The summed E-state index contributed by atoms with van der Waals surface area (Å²) in [6.45, 7) is 1.08. The quantitative estimate of drug-likeness (QED) is 0.442. The molecule has 182 valence electrons. The maximum atomic E-state index is 13.8. The molecule has 1 atom stereocenters. The summed E-state index contributed by atoms with van der Waals surface area (Å²) in [5.41, 5.74) is 2.69. The van der Waals surface area contributed by atoms with Gasteiger partial charge >= 0.3 is 0 Å². The Morgan fingerprint density at radius 1 is 0.914 bits per heavy atom. The van der Waals surface area contributed by atoms with Gasteiger partial charge in [0.2, 0.25) is 5.91 Å². The minimum atomic E-state index is -0.524. The number of hydrogen-bond acceptors (Lipinski definition) is 5. The summed E-state index contributed by atoms with van der Waals surface area (Å²) >= 11 is 1.59. The zero-order valence-electron chi connectivity index (χ0n) is 20.1. The van der Waals surface area contributed by atoms with Crippen molar-refractivity contribution >= 4 is 23.6 Å². The van der Waals surface area contributed by atoms with Crippen LogP contribution in [-0.4, -0.2) is 60.1 Å². The SMILES string of the molecule is COc1cc(OC)cc(C(=O)N2CSCC2C(=O)N(CCc2ccccc2)Cc2ccccc2)c1. The van der Waals surface area contributed by atoms with Gasteiger partial charge in [0.1, 0.15) is 17.5 Å². The van der Waals surface area contributed by atoms with Crippen LogP contribution in [0.2, 0.25) is 0 Å². The highest BCUT2D eigenvalue weighted by atomic mass is 32.2. The van der Waals surface area contributed by atoms with E-state index in [2.05, 4.69) is 12.1 Å². The third-order valence-electron chi connectivity index (χ3n) is 6.07. The second kappa shape index (κ2) is 11.8. The number of methoxy groups -OCH3 is 2. The average molecular weight is 491 g/mol. The van der Waals surface area contributed by atoms with Crippen molar-refractivity contribution in [1.82, 2.24) is 9.80 Å². The maximum absolute atomic E-state index is 13.8. The number of hydrogen-bond donors (Lipinski definition) is 0. The Labute approximate surface area is 210 Å². The van der Waals surface area contributed by atoms with E-state index in [-0.39, 0.29) is 11.8 Å². The molecule has 0 bridgehead atoms. The fourth-order valence-electron chi connectivity index (χ4n) is 4.13. The topological polar surface area (TPSA) is 59.1 Å². The van der Waals surface area contributed by atoms with Gasteiger partial charge in [-0.1, -0.05) is 60.7 Å². The van der Waals surface area contributed by atoms with Gasteiger partial charge in [-0.2, -0.15) is 0 Å². The first-order chi connectivity index (χ1) is 17.1. The molecule has 0 N–H and O–H groups in total. The Hall–Kier alpha value is -3.45. The van der Waals surface area contributed by atoms with Crippen LogP contribution >= 0.6 is 11.8 Å². The van der Waals surface area contributed by atoms with Crippen LogP contribution in [0.4, 0.5) is 0 Å². The van der Waals surface area contributed by atoms with E-state index in [4.69, 9.17) is 9.47 Å². The van der Waals surface area contributed by atoms with Crippen LogP contribution in [0.5, 0.6) is 11.5 Å². The minimum Gasteiger partial charge on any atom is -0.497 e. The van der Waals surface area contributed by atoms with Gasteiger partial charge in [-0.05, 0) is 29.7 Å². The van der Waals surface area contributed by atoms with Gasteiger partial charge in [0.25, 0.3) is 5.91 Å². The number of rotatable bonds is 9. The van der Waals surface area contributed by atoms with Crippen LogP contribution < -0.4 is 9.47 Å². The van der Waals surface area contributed by atoms with Crippen molar-refractivity contribution < 1.29 is 19.1 Å². The van der Waals surface area contributed by atoms with Crippen LogP contribution in [0.15, 0.2) is 78.9 Å². The van der Waals surface area contributed by atoms with Crippen LogP contribution in [0, 0.1) is 0 Å². The summed E-state index contributed by atoms with van der Waals surface area (Å²) in [5.74, 6) is 1.88. The van der Waals surface area contributed by atoms with Crippen LogP contribution in [0.25, 0.3) is 0 Å². The Morgan fingerprint density at radius 3 is 2.11 bits per heavy atom. The number of ether oxygens (including phenoxy) is 2. The van der Waals surface area contributed by atoms with Crippen molar-refractivity contribution in [3.8, 4) is 11.5 Å². The molecule has 0 aromatic heterocycles. The van der Waals surface area contributed by atoms with Crippen molar-refractivity contribution in [2.45, 2.75) is 19.0 Å². The second-order valence-electron chi connectivity index (χ2n) is 8.37. The number of carbonyl (C=O) groups excluding carboxylic acids is 2. The molecule has 3 aromatic rings. The van der Waals surface area contributed by atoms with Gasteiger partial charge in [0.05, 0.1) is 20.1 Å². The molecule has 1 saturated heterocycles. The van der Waals surface area contributed by atoms with E-state index in [1.165, 1.54) is 5.56 Å². The van der Waals surface area contributed by atoms with Crippen molar-refractivity contribution in [2.75, 3.05) is 32.4 Å². The number of amides is 2. The van der Waals surface area contributed by atoms with E-state index in [9.17, 15) is 9.59 Å². The number of benzene rings is 3. The van der Waals surface area contributed by atoms with Crippen LogP contribution in [-0.2, 0) is 17.8 Å². The van der Waals surface area contributed by atoms with Crippen molar-refractivity contribution in [3.63, 3.8) is 0 Å². The van der Waals surface area contributed by atoms with Crippen molar-refractivity contribution in [1.29, 1.82) is 0 Å². The number of carbonyl (C=O) groups is 2. The highest BCUT2D eigenvalue weighted by Gasteiger charge is 2.37. The molecule has 0 radical (unpaired) electrons. The molecule has 3 aromatic carbocycles. The normalized spacial score (nSPS) is 15.0. The van der Waals surface area contributed by atoms with E-state index in [0.717, 1.165) is 12.0 Å². The average Bonchev–Trinajstić information content (AvgIpc) is 3.41. The van der Waals surface area contributed by atoms with Crippen LogP contribution in [0.3, 0.4) is 0 Å². The van der Waals surface area contributed by atoms with E-state index < -0.39 is 6.04 Å². The third-order valence-corrected chi connectivity index (χ3v) is 7.08. The lowest BCUT2D eigenvalue weighted by atomic mass is 10.1. The van der Waals surface area contributed by atoms with Gasteiger partial charge in [-0.3, -0.25) is 9.59 Å². The molecule has 0 spiro atoms. The van der Waals surface area contributed by atoms with E-state index in [1.54, 1.807) is 49.1 Å². The van der Waals surface area contributed by atoms with E-state index in [0.29, 0.717) is 41.8 Å². The summed E-state index contributed by atoms with van der Waals surface area (Å²) < 4.78 is 10.7. The van der Waals surface area contributed by atoms with Gasteiger partial charge in [-0.25, -0.2) is 0 Å². The van der Waals surface area contributed by atoms with Gasteiger partial charge in [0, 0.05) is 30.5 Å². The number of thioether (sulfide) groups is 1. The minimum absolute atomic E-state index is 0.0296. The molecule has 1 aliphatic heterocycles. The molecule has 7 heteroatoms. The van der Waals surface area contributed by atoms with Crippen molar-refractivity contribution in [3.05, 3.63) is 95.6 Å². The Bertz CT molecular complexity index is 1120. The van der Waals surface area contributed by atoms with Gasteiger partial charge in [0.15, 0.2) is 0 Å². The molecule has 1 unspecified atom stereocenters. The van der Waals surface area contributed by atoms with Crippen LogP contribution in [0.1, 0.15) is 21.5 Å². The predicted octanol–water partition coefficient (Wildman–Crippen LogP) is 4.49. The predicted molar refractivity (Wildman–Crippen MR) is 139 cm³/mol. The first kappa shape index (κ1) is 24.7. The summed E-state index contributed by atoms with van der Waals surface area (Å²) in [6.07, 6.45) is 0.750. The zero-order chi connectivity index (χ0) is 24.6. The Kier molecular flexibility index (Phi) is 8.32. The van der Waals surface area contributed by atoms with E-state index >= 15 is 0 Å². The second-order valence-corrected chi connectivity index (χ2v) is 9.37. The lowest BCUT2D eigenvalue weighted by Gasteiger charge is -2.30. The fourth-order valence-corrected chi connectivity index (χ4v) is 5.28. The molecule has 35 heavy (non-hydrogen) atoms. The molecule has 0 saturated carbocycles. The lowest BCUT2D eigenvalue weighted by Crippen LogP contribution is -2.49. The molecular weight excluding hydrogens is 460 g/mol. The monoisotopic (exact) mass is 490 g/mol.